The zero-order chi connectivity index (χ0) is 18.9. The predicted octanol–water partition coefficient (Wildman–Crippen LogP) is 2.81. The third-order valence-electron chi connectivity index (χ3n) is 4.23. The largest absolute Gasteiger partial charge is 0.322 e. The van der Waals surface area contributed by atoms with Gasteiger partial charge in [0.25, 0.3) is 5.56 Å². The molecule has 0 bridgehead atoms. The van der Waals surface area contributed by atoms with Crippen LogP contribution in [0.2, 0.25) is 0 Å². The van der Waals surface area contributed by atoms with E-state index in [2.05, 4.69) is 9.71 Å². The van der Waals surface area contributed by atoms with Crippen LogP contribution in [0.25, 0.3) is 10.9 Å². The first kappa shape index (κ1) is 18.3. The number of rotatable bonds is 5. The number of aromatic nitrogens is 1. The third kappa shape index (κ3) is 3.84. The number of hydrogen-bond donors (Lipinski definition) is 2. The molecular weight excluding hydrogens is 355 g/mol. The van der Waals surface area contributed by atoms with Gasteiger partial charge in [0.2, 0.25) is 10.0 Å². The lowest BCUT2D eigenvalue weighted by Gasteiger charge is -2.10. The number of sulfonamides is 1. The van der Waals surface area contributed by atoms with Crippen LogP contribution < -0.4 is 10.3 Å². The maximum atomic E-state index is 13.2. The molecule has 0 aliphatic heterocycles. The van der Waals surface area contributed by atoms with Crippen molar-refractivity contribution in [2.75, 3.05) is 6.54 Å². The van der Waals surface area contributed by atoms with Crippen molar-refractivity contribution in [3.8, 4) is 0 Å². The van der Waals surface area contributed by atoms with Crippen LogP contribution in [0.1, 0.15) is 16.7 Å². The second-order valence-corrected chi connectivity index (χ2v) is 8.00. The van der Waals surface area contributed by atoms with Crippen molar-refractivity contribution in [2.24, 2.45) is 0 Å². The molecule has 0 aliphatic rings. The Hall–Kier alpha value is -2.51. The number of pyridine rings is 1. The monoisotopic (exact) mass is 374 g/mol. The maximum absolute atomic E-state index is 13.2. The van der Waals surface area contributed by atoms with E-state index in [9.17, 15) is 17.6 Å². The number of aromatic amines is 1. The molecule has 26 heavy (non-hydrogen) atoms. The van der Waals surface area contributed by atoms with E-state index in [4.69, 9.17) is 0 Å². The first-order chi connectivity index (χ1) is 12.3. The van der Waals surface area contributed by atoms with E-state index in [0.717, 1.165) is 22.5 Å². The summed E-state index contributed by atoms with van der Waals surface area (Å²) in [5, 5.41) is 0.900. The second-order valence-electron chi connectivity index (χ2n) is 6.26. The van der Waals surface area contributed by atoms with Crippen molar-refractivity contribution in [3.05, 3.63) is 75.3 Å². The molecule has 2 N–H and O–H groups in total. The van der Waals surface area contributed by atoms with Crippen molar-refractivity contribution in [1.29, 1.82) is 0 Å². The summed E-state index contributed by atoms with van der Waals surface area (Å²) in [6.07, 6.45) is 0.494. The maximum Gasteiger partial charge on any atom is 0.251 e. The number of halogens is 1. The van der Waals surface area contributed by atoms with Crippen molar-refractivity contribution in [1.82, 2.24) is 9.71 Å². The molecule has 0 saturated carbocycles. The van der Waals surface area contributed by atoms with Gasteiger partial charge in [-0.25, -0.2) is 17.5 Å². The quantitative estimate of drug-likeness (QED) is 0.721. The number of H-pyrrole nitrogens is 1. The topological polar surface area (TPSA) is 79.0 Å². The fraction of sp³-hybridized carbons (Fsp3) is 0.211. The van der Waals surface area contributed by atoms with E-state index >= 15 is 0 Å². The summed E-state index contributed by atoms with van der Waals surface area (Å²) < 4.78 is 40.4. The average Bonchev–Trinajstić information content (AvgIpc) is 2.55. The van der Waals surface area contributed by atoms with Crippen LogP contribution in [-0.4, -0.2) is 19.9 Å². The summed E-state index contributed by atoms with van der Waals surface area (Å²) in [5.74, 6) is -0.467. The highest BCUT2D eigenvalue weighted by Crippen LogP contribution is 2.17. The van der Waals surface area contributed by atoms with Crippen LogP contribution in [0.15, 0.2) is 52.2 Å². The minimum absolute atomic E-state index is 0.0746. The van der Waals surface area contributed by atoms with Gasteiger partial charge in [0, 0.05) is 17.6 Å². The van der Waals surface area contributed by atoms with Gasteiger partial charge in [0.15, 0.2) is 0 Å². The SMILES string of the molecule is Cc1cc(F)ccc1S(=O)(=O)NCCc1ccc2[nH]c(=O)c(C)cc2c1. The molecule has 0 spiro atoms. The Morgan fingerprint density at radius 2 is 1.81 bits per heavy atom. The molecule has 2 aromatic carbocycles. The first-order valence-corrected chi connectivity index (χ1v) is 9.63. The van der Waals surface area contributed by atoms with Crippen molar-refractivity contribution in [2.45, 2.75) is 25.2 Å². The summed E-state index contributed by atoms with van der Waals surface area (Å²) in [6, 6.07) is 11.0. The minimum atomic E-state index is -3.70. The van der Waals surface area contributed by atoms with Gasteiger partial charge in [-0.3, -0.25) is 4.79 Å². The van der Waals surface area contributed by atoms with Gasteiger partial charge < -0.3 is 4.98 Å². The molecule has 0 aliphatic carbocycles. The molecular formula is C19H19FN2O3S. The Morgan fingerprint density at radius 1 is 1.04 bits per heavy atom. The zero-order valence-electron chi connectivity index (χ0n) is 14.5. The number of fused-ring (bicyclic) bond motifs is 1. The summed E-state index contributed by atoms with van der Waals surface area (Å²) >= 11 is 0. The van der Waals surface area contributed by atoms with E-state index in [1.807, 2.05) is 24.3 Å². The summed E-state index contributed by atoms with van der Waals surface area (Å²) in [4.78, 5) is 14.5. The second kappa shape index (κ2) is 7.01. The van der Waals surface area contributed by atoms with Gasteiger partial charge in [-0.05, 0) is 73.2 Å². The lowest BCUT2D eigenvalue weighted by Crippen LogP contribution is -2.26. The Morgan fingerprint density at radius 3 is 2.54 bits per heavy atom. The molecule has 1 heterocycles. The molecule has 0 radical (unpaired) electrons. The number of aryl methyl sites for hydroxylation is 2. The minimum Gasteiger partial charge on any atom is -0.322 e. The Bertz CT molecular complexity index is 1140. The summed E-state index contributed by atoms with van der Waals surface area (Å²) in [6.45, 7) is 3.52. The molecule has 136 valence electrons. The lowest BCUT2D eigenvalue weighted by molar-refractivity contribution is 0.580. The van der Waals surface area contributed by atoms with E-state index in [1.165, 1.54) is 12.1 Å². The Balaban J connectivity index is 1.74. The van der Waals surface area contributed by atoms with Crippen LogP contribution in [0, 0.1) is 19.7 Å². The van der Waals surface area contributed by atoms with Gasteiger partial charge in [-0.15, -0.1) is 0 Å². The number of benzene rings is 2. The van der Waals surface area contributed by atoms with Gasteiger partial charge in [0.05, 0.1) is 4.90 Å². The van der Waals surface area contributed by atoms with E-state index < -0.39 is 15.8 Å². The zero-order valence-corrected chi connectivity index (χ0v) is 15.3. The van der Waals surface area contributed by atoms with Gasteiger partial charge in [-0.1, -0.05) is 6.07 Å². The van der Waals surface area contributed by atoms with Crippen LogP contribution >= 0.6 is 0 Å². The van der Waals surface area contributed by atoms with Gasteiger partial charge in [0.1, 0.15) is 5.82 Å². The predicted molar refractivity (Wildman–Crippen MR) is 99.3 cm³/mol. The normalized spacial score (nSPS) is 11.8. The molecule has 7 heteroatoms. The molecule has 1 aromatic heterocycles. The van der Waals surface area contributed by atoms with Gasteiger partial charge in [-0.2, -0.15) is 0 Å². The molecule has 3 aromatic rings. The smallest absolute Gasteiger partial charge is 0.251 e. The molecule has 0 fully saturated rings. The summed E-state index contributed by atoms with van der Waals surface area (Å²) in [7, 11) is -3.70. The standard InChI is InChI=1S/C19H19FN2O3S/c1-12-10-16(20)4-6-18(12)26(24,25)21-8-7-14-3-5-17-15(11-14)9-13(2)19(23)22-17/h3-6,9-11,21H,7-8H2,1-2H3,(H,22,23). The molecule has 0 atom stereocenters. The number of nitrogens with one attached hydrogen (secondary N) is 2. The lowest BCUT2D eigenvalue weighted by atomic mass is 10.1. The van der Waals surface area contributed by atoms with Crippen LogP contribution in [0.4, 0.5) is 4.39 Å². The van der Waals surface area contributed by atoms with Gasteiger partial charge >= 0.3 is 0 Å². The summed E-state index contributed by atoms with van der Waals surface area (Å²) in [5.41, 5.74) is 2.56. The number of hydrogen-bond acceptors (Lipinski definition) is 3. The fourth-order valence-electron chi connectivity index (χ4n) is 2.84. The highest BCUT2D eigenvalue weighted by atomic mass is 32.2. The third-order valence-corrected chi connectivity index (χ3v) is 5.85. The fourth-order valence-corrected chi connectivity index (χ4v) is 4.10. The van der Waals surface area contributed by atoms with E-state index in [0.29, 0.717) is 17.5 Å². The first-order valence-electron chi connectivity index (χ1n) is 8.15. The molecule has 0 saturated heterocycles. The molecule has 0 amide bonds. The molecule has 5 nitrogen and oxygen atoms in total. The highest BCUT2D eigenvalue weighted by Gasteiger charge is 2.16. The highest BCUT2D eigenvalue weighted by molar-refractivity contribution is 7.89. The van der Waals surface area contributed by atoms with Crippen molar-refractivity contribution < 1.29 is 12.8 Å². The Labute approximate surface area is 150 Å². The van der Waals surface area contributed by atoms with Crippen LogP contribution in [0.3, 0.4) is 0 Å². The average molecular weight is 374 g/mol. The van der Waals surface area contributed by atoms with E-state index in [1.54, 1.807) is 13.8 Å². The van der Waals surface area contributed by atoms with Crippen LogP contribution in [0.5, 0.6) is 0 Å². The van der Waals surface area contributed by atoms with Crippen molar-refractivity contribution >= 4 is 20.9 Å². The Kier molecular flexibility index (Phi) is 4.93. The van der Waals surface area contributed by atoms with Crippen molar-refractivity contribution in [3.63, 3.8) is 0 Å². The molecule has 3 rings (SSSR count). The van der Waals surface area contributed by atoms with E-state index in [-0.39, 0.29) is 17.0 Å². The molecule has 0 unspecified atom stereocenters. The van der Waals surface area contributed by atoms with Crippen LogP contribution in [-0.2, 0) is 16.4 Å².